The van der Waals surface area contributed by atoms with Gasteiger partial charge in [0.1, 0.15) is 11.2 Å². The number of benzene rings is 9. The van der Waals surface area contributed by atoms with Gasteiger partial charge in [0, 0.05) is 74.9 Å². The Morgan fingerprint density at radius 2 is 0.953 bits per heavy atom. The molecule has 0 unspecified atom stereocenters. The fraction of sp³-hybridized carbons (Fsp3) is 0. The molecular weight excluding hydrogens is 803 g/mol. The lowest BCUT2D eigenvalue weighted by Gasteiger charge is -2.14. The summed E-state index contributed by atoms with van der Waals surface area (Å²) in [5.74, 6) is 1.80. The summed E-state index contributed by atoms with van der Waals surface area (Å²) < 4.78 is 13.6. The minimum atomic E-state index is 0.582. The van der Waals surface area contributed by atoms with Gasteiger partial charge in [0.25, 0.3) is 0 Å². The highest BCUT2D eigenvalue weighted by atomic mass is 32.1. The highest BCUT2D eigenvalue weighted by Gasteiger charge is 2.22. The van der Waals surface area contributed by atoms with E-state index in [9.17, 15) is 0 Å². The number of fused-ring (bicyclic) bond motifs is 12. The summed E-state index contributed by atoms with van der Waals surface area (Å²) in [6.07, 6.45) is 0. The van der Waals surface area contributed by atoms with Crippen molar-refractivity contribution in [1.82, 2.24) is 24.1 Å². The smallest absolute Gasteiger partial charge is 0.165 e. The molecule has 14 rings (SSSR count). The second-order valence-corrected chi connectivity index (χ2v) is 17.4. The van der Waals surface area contributed by atoms with Crippen LogP contribution in [0.3, 0.4) is 0 Å². The van der Waals surface area contributed by atoms with E-state index in [1.54, 1.807) is 11.3 Å². The van der Waals surface area contributed by atoms with Crippen molar-refractivity contribution in [2.45, 2.75) is 0 Å². The summed E-state index contributed by atoms with van der Waals surface area (Å²) in [6, 6.07) is 70.9. The van der Waals surface area contributed by atoms with Gasteiger partial charge in [0.05, 0.1) is 27.8 Å². The van der Waals surface area contributed by atoms with Gasteiger partial charge in [0.15, 0.2) is 17.5 Å². The largest absolute Gasteiger partial charge is 0.456 e. The molecule has 0 saturated carbocycles. The van der Waals surface area contributed by atoms with E-state index in [-0.39, 0.29) is 0 Å². The molecular formula is C57H33N5OS. The topological polar surface area (TPSA) is 61.7 Å². The van der Waals surface area contributed by atoms with Gasteiger partial charge in [-0.25, -0.2) is 15.0 Å². The molecule has 14 aromatic rings. The average Bonchev–Trinajstić information content (AvgIpc) is 4.11. The van der Waals surface area contributed by atoms with E-state index < -0.39 is 0 Å². The van der Waals surface area contributed by atoms with E-state index >= 15 is 0 Å². The van der Waals surface area contributed by atoms with Crippen LogP contribution >= 0.6 is 11.3 Å². The third kappa shape index (κ3) is 5.16. The molecule has 0 atom stereocenters. The molecule has 0 amide bonds. The van der Waals surface area contributed by atoms with Gasteiger partial charge >= 0.3 is 0 Å². The first-order chi connectivity index (χ1) is 31.7. The first kappa shape index (κ1) is 35.2. The van der Waals surface area contributed by atoms with Crippen LogP contribution in [0.1, 0.15) is 0 Å². The van der Waals surface area contributed by atoms with Gasteiger partial charge in [-0.05, 0) is 66.7 Å². The van der Waals surface area contributed by atoms with Crippen molar-refractivity contribution in [1.29, 1.82) is 0 Å². The van der Waals surface area contributed by atoms with Crippen LogP contribution in [0.4, 0.5) is 0 Å². The van der Waals surface area contributed by atoms with Crippen LogP contribution < -0.4 is 0 Å². The predicted molar refractivity (Wildman–Crippen MR) is 265 cm³/mol. The highest BCUT2D eigenvalue weighted by Crippen LogP contribution is 2.43. The van der Waals surface area contributed by atoms with Crippen molar-refractivity contribution in [3.8, 4) is 45.5 Å². The second-order valence-electron chi connectivity index (χ2n) is 16.3. The van der Waals surface area contributed by atoms with Gasteiger partial charge in [-0.2, -0.15) is 0 Å². The molecule has 298 valence electrons. The number of thiophene rings is 1. The maximum Gasteiger partial charge on any atom is 0.165 e. The van der Waals surface area contributed by atoms with E-state index in [0.717, 1.165) is 82.2 Å². The van der Waals surface area contributed by atoms with Gasteiger partial charge in [-0.1, -0.05) is 133 Å². The van der Waals surface area contributed by atoms with Crippen molar-refractivity contribution in [3.05, 3.63) is 200 Å². The molecule has 0 aliphatic carbocycles. The number of furan rings is 1. The standard InChI is InChI=1S/C57H33N5OS/c1-2-14-36(15-3-1)61-46-23-8-5-17-38(46)43-20-13-25-48(53(43)61)62-47-24-9-4-16-37(47)39-30-28-34(32-49(39)62)55-58-56(35-29-31-41-40-18-6-10-26-50(40)63-51(41)33-35)60-57(59-55)45-22-12-21-44-42-19-7-11-27-52(42)64-54(44)45/h1-33H. The van der Waals surface area contributed by atoms with Crippen molar-refractivity contribution >= 4 is 97.1 Å². The van der Waals surface area contributed by atoms with Crippen LogP contribution in [-0.4, -0.2) is 24.1 Å². The number of nitrogens with zero attached hydrogens (tertiary/aromatic N) is 5. The molecule has 0 saturated heterocycles. The van der Waals surface area contributed by atoms with Crippen molar-refractivity contribution in [2.75, 3.05) is 0 Å². The highest BCUT2D eigenvalue weighted by molar-refractivity contribution is 7.26. The van der Waals surface area contributed by atoms with E-state index in [4.69, 9.17) is 19.4 Å². The average molecular weight is 836 g/mol. The van der Waals surface area contributed by atoms with Crippen LogP contribution in [0.2, 0.25) is 0 Å². The lowest BCUT2D eigenvalue weighted by molar-refractivity contribution is 0.669. The summed E-state index contributed by atoms with van der Waals surface area (Å²) in [5.41, 5.74) is 11.1. The molecule has 0 fully saturated rings. The van der Waals surface area contributed by atoms with Crippen LogP contribution in [0, 0.1) is 0 Å². The Balaban J connectivity index is 1.03. The molecule has 0 bridgehead atoms. The first-order valence-electron chi connectivity index (χ1n) is 21.4. The summed E-state index contributed by atoms with van der Waals surface area (Å²) in [5, 5.41) is 9.30. The lowest BCUT2D eigenvalue weighted by atomic mass is 10.1. The molecule has 0 spiro atoms. The van der Waals surface area contributed by atoms with Gasteiger partial charge in [0.2, 0.25) is 0 Å². The number of aromatic nitrogens is 5. The predicted octanol–water partition coefficient (Wildman–Crippen LogP) is 15.3. The maximum atomic E-state index is 6.38. The molecule has 64 heavy (non-hydrogen) atoms. The molecule has 5 heterocycles. The third-order valence-corrected chi connectivity index (χ3v) is 14.0. The van der Waals surface area contributed by atoms with E-state index in [2.05, 4.69) is 191 Å². The van der Waals surface area contributed by atoms with Gasteiger partial charge in [-0.15, -0.1) is 11.3 Å². The fourth-order valence-electron chi connectivity index (χ4n) is 9.94. The number of hydrogen-bond donors (Lipinski definition) is 0. The Morgan fingerprint density at radius 1 is 0.375 bits per heavy atom. The lowest BCUT2D eigenvalue weighted by Crippen LogP contribution is -2.02. The first-order valence-corrected chi connectivity index (χ1v) is 22.3. The molecule has 0 aliphatic rings. The van der Waals surface area contributed by atoms with Crippen molar-refractivity contribution in [3.63, 3.8) is 0 Å². The van der Waals surface area contributed by atoms with Crippen molar-refractivity contribution < 1.29 is 4.42 Å². The van der Waals surface area contributed by atoms with E-state index in [1.165, 1.54) is 31.6 Å². The zero-order chi connectivity index (χ0) is 41.9. The molecule has 5 aromatic heterocycles. The monoisotopic (exact) mass is 835 g/mol. The van der Waals surface area contributed by atoms with E-state index in [1.807, 2.05) is 18.2 Å². The number of para-hydroxylation sites is 5. The number of hydrogen-bond acceptors (Lipinski definition) is 5. The van der Waals surface area contributed by atoms with Crippen molar-refractivity contribution in [2.24, 2.45) is 0 Å². The third-order valence-electron chi connectivity index (χ3n) is 12.8. The van der Waals surface area contributed by atoms with Crippen LogP contribution in [0.25, 0.3) is 131 Å². The van der Waals surface area contributed by atoms with Gasteiger partial charge in [-0.3, -0.25) is 0 Å². The minimum Gasteiger partial charge on any atom is -0.456 e. The van der Waals surface area contributed by atoms with Crippen LogP contribution in [-0.2, 0) is 0 Å². The molecule has 6 nitrogen and oxygen atoms in total. The molecule has 7 heteroatoms. The van der Waals surface area contributed by atoms with Gasteiger partial charge < -0.3 is 13.6 Å². The summed E-state index contributed by atoms with van der Waals surface area (Å²) in [7, 11) is 0. The second kappa shape index (κ2) is 13.6. The summed E-state index contributed by atoms with van der Waals surface area (Å²) in [4.78, 5) is 15.9. The maximum absolute atomic E-state index is 6.38. The van der Waals surface area contributed by atoms with Crippen LogP contribution in [0.15, 0.2) is 205 Å². The van der Waals surface area contributed by atoms with Crippen LogP contribution in [0.5, 0.6) is 0 Å². The minimum absolute atomic E-state index is 0.582. The Labute approximate surface area is 369 Å². The summed E-state index contributed by atoms with van der Waals surface area (Å²) >= 11 is 1.78. The summed E-state index contributed by atoms with van der Waals surface area (Å²) in [6.45, 7) is 0. The number of rotatable bonds is 5. The normalized spacial score (nSPS) is 12.1. The molecule has 0 aliphatic heterocycles. The quantitative estimate of drug-likeness (QED) is 0.173. The Bertz CT molecular complexity index is 4210. The fourth-order valence-corrected chi connectivity index (χ4v) is 11.1. The SMILES string of the molecule is c1ccc(-n2c3ccccc3c3cccc(-n4c5ccccc5c5ccc(-c6nc(-c7ccc8c(c7)oc7ccccc78)nc(-c7cccc8c7sc7ccccc78)n6)cc54)c32)cc1. The Morgan fingerprint density at radius 3 is 1.78 bits per heavy atom. The molecule has 9 aromatic carbocycles. The Kier molecular flexibility index (Phi) is 7.46. The molecule has 0 radical (unpaired) electrons. The Hall–Kier alpha value is -8.39. The molecule has 0 N–H and O–H groups in total. The zero-order valence-corrected chi connectivity index (χ0v) is 34.9. The van der Waals surface area contributed by atoms with E-state index in [0.29, 0.717) is 17.5 Å². The zero-order valence-electron chi connectivity index (χ0n) is 34.1.